The van der Waals surface area contributed by atoms with Crippen LogP contribution in [0.5, 0.6) is 0 Å². The molecule has 1 heterocycles. The third-order valence-electron chi connectivity index (χ3n) is 5.13. The minimum Gasteiger partial charge on any atom is -0.353 e. The SMILES string of the molecule is C=CCn1c(SCC(=O)NC2CCCCC2)nnc1[C@H](C)NC(=O)c1ccccc1. The van der Waals surface area contributed by atoms with E-state index in [-0.39, 0.29) is 23.6 Å². The lowest BCUT2D eigenvalue weighted by molar-refractivity contribution is -0.119. The third-order valence-corrected chi connectivity index (χ3v) is 6.10. The van der Waals surface area contributed by atoms with Crippen molar-refractivity contribution in [2.75, 3.05) is 5.75 Å². The first-order valence-corrected chi connectivity index (χ1v) is 11.4. The average Bonchev–Trinajstić information content (AvgIpc) is 3.16. The zero-order valence-electron chi connectivity index (χ0n) is 17.3. The van der Waals surface area contributed by atoms with Crippen molar-refractivity contribution >= 4 is 23.6 Å². The summed E-state index contributed by atoms with van der Waals surface area (Å²) in [5.74, 6) is 0.773. The lowest BCUT2D eigenvalue weighted by Crippen LogP contribution is -2.37. The maximum Gasteiger partial charge on any atom is 0.251 e. The second-order valence-electron chi connectivity index (χ2n) is 7.49. The summed E-state index contributed by atoms with van der Waals surface area (Å²) < 4.78 is 1.89. The van der Waals surface area contributed by atoms with Crippen LogP contribution in [0.2, 0.25) is 0 Å². The minimum atomic E-state index is -0.337. The Bertz CT molecular complexity index is 862. The summed E-state index contributed by atoms with van der Waals surface area (Å²) in [4.78, 5) is 24.8. The Morgan fingerprint density at radius 3 is 2.67 bits per heavy atom. The highest BCUT2D eigenvalue weighted by Gasteiger charge is 2.21. The predicted octanol–water partition coefficient (Wildman–Crippen LogP) is 3.50. The van der Waals surface area contributed by atoms with Gasteiger partial charge in [-0.25, -0.2) is 0 Å². The lowest BCUT2D eigenvalue weighted by atomic mass is 9.95. The van der Waals surface area contributed by atoms with E-state index in [4.69, 9.17) is 0 Å². The van der Waals surface area contributed by atoms with E-state index in [1.165, 1.54) is 31.0 Å². The molecular formula is C22H29N5O2S. The van der Waals surface area contributed by atoms with Crippen molar-refractivity contribution in [3.8, 4) is 0 Å². The molecule has 30 heavy (non-hydrogen) atoms. The number of aromatic nitrogens is 3. The molecular weight excluding hydrogens is 398 g/mol. The van der Waals surface area contributed by atoms with Crippen LogP contribution in [0.1, 0.15) is 61.3 Å². The normalized spacial score (nSPS) is 15.4. The van der Waals surface area contributed by atoms with Crippen molar-refractivity contribution in [3.05, 3.63) is 54.4 Å². The summed E-state index contributed by atoms with van der Waals surface area (Å²) in [6.45, 7) is 6.18. The molecule has 1 aromatic carbocycles. The largest absolute Gasteiger partial charge is 0.353 e. The van der Waals surface area contributed by atoms with Gasteiger partial charge in [0.2, 0.25) is 5.91 Å². The van der Waals surface area contributed by atoms with Gasteiger partial charge in [0.15, 0.2) is 11.0 Å². The maximum atomic E-state index is 12.5. The zero-order valence-corrected chi connectivity index (χ0v) is 18.2. The quantitative estimate of drug-likeness (QED) is 0.472. The molecule has 2 aromatic rings. The highest BCUT2D eigenvalue weighted by Crippen LogP contribution is 2.22. The summed E-state index contributed by atoms with van der Waals surface area (Å²) in [6, 6.07) is 9.01. The molecule has 0 aliphatic heterocycles. The van der Waals surface area contributed by atoms with E-state index in [1.807, 2.05) is 29.7 Å². The number of nitrogens with one attached hydrogen (secondary N) is 2. The van der Waals surface area contributed by atoms with Gasteiger partial charge in [-0.1, -0.05) is 55.3 Å². The van der Waals surface area contributed by atoms with Crippen LogP contribution in [-0.4, -0.2) is 38.4 Å². The number of carbonyl (C=O) groups is 2. The fraction of sp³-hybridized carbons (Fsp3) is 0.455. The van der Waals surface area contributed by atoms with Crippen LogP contribution in [0.4, 0.5) is 0 Å². The van der Waals surface area contributed by atoms with Gasteiger partial charge in [-0.3, -0.25) is 9.59 Å². The molecule has 7 nitrogen and oxygen atoms in total. The number of rotatable bonds is 9. The molecule has 1 fully saturated rings. The van der Waals surface area contributed by atoms with E-state index in [0.717, 1.165) is 12.8 Å². The molecule has 1 aliphatic carbocycles. The summed E-state index contributed by atoms with van der Waals surface area (Å²) in [6.07, 6.45) is 7.50. The van der Waals surface area contributed by atoms with Crippen molar-refractivity contribution < 1.29 is 9.59 Å². The van der Waals surface area contributed by atoms with Crippen molar-refractivity contribution in [1.29, 1.82) is 0 Å². The number of hydrogen-bond acceptors (Lipinski definition) is 5. The highest BCUT2D eigenvalue weighted by atomic mass is 32.2. The molecule has 1 atom stereocenters. The Morgan fingerprint density at radius 2 is 1.97 bits per heavy atom. The van der Waals surface area contributed by atoms with Crippen LogP contribution in [0.3, 0.4) is 0 Å². The Hall–Kier alpha value is -2.61. The van der Waals surface area contributed by atoms with Crippen LogP contribution in [0, 0.1) is 0 Å². The van der Waals surface area contributed by atoms with Crippen LogP contribution < -0.4 is 10.6 Å². The first kappa shape index (κ1) is 22.1. The van der Waals surface area contributed by atoms with E-state index in [0.29, 0.717) is 29.1 Å². The van der Waals surface area contributed by atoms with Gasteiger partial charge in [-0.05, 0) is 31.9 Å². The van der Waals surface area contributed by atoms with Gasteiger partial charge in [0.05, 0.1) is 11.8 Å². The second kappa shape index (κ2) is 11.0. The maximum absolute atomic E-state index is 12.5. The van der Waals surface area contributed by atoms with Gasteiger partial charge in [-0.15, -0.1) is 16.8 Å². The van der Waals surface area contributed by atoms with Crippen LogP contribution in [0.15, 0.2) is 48.1 Å². The molecule has 0 bridgehead atoms. The number of thioether (sulfide) groups is 1. The van der Waals surface area contributed by atoms with E-state index >= 15 is 0 Å². The molecule has 0 unspecified atom stereocenters. The van der Waals surface area contributed by atoms with Gasteiger partial charge < -0.3 is 15.2 Å². The number of nitrogens with zero attached hydrogens (tertiary/aromatic N) is 3. The van der Waals surface area contributed by atoms with Crippen molar-refractivity contribution in [3.63, 3.8) is 0 Å². The Labute approximate surface area is 181 Å². The third kappa shape index (κ3) is 5.95. The molecule has 1 aliphatic rings. The van der Waals surface area contributed by atoms with Crippen molar-refractivity contribution in [2.24, 2.45) is 0 Å². The fourth-order valence-corrected chi connectivity index (χ4v) is 4.37. The Morgan fingerprint density at radius 1 is 1.23 bits per heavy atom. The standard InChI is InChI=1S/C22H29N5O2S/c1-3-14-27-20(16(2)23-21(29)17-10-6-4-7-11-17)25-26-22(27)30-15-19(28)24-18-12-8-5-9-13-18/h3-4,6-7,10-11,16,18H,1,5,8-9,12-15H2,2H3,(H,23,29)(H,24,28)/t16-/m0/s1. The van der Waals surface area contributed by atoms with Crippen molar-refractivity contribution in [2.45, 2.75) is 62.8 Å². The number of benzene rings is 1. The van der Waals surface area contributed by atoms with E-state index in [1.54, 1.807) is 18.2 Å². The lowest BCUT2D eigenvalue weighted by Gasteiger charge is -2.22. The number of hydrogen-bond donors (Lipinski definition) is 2. The molecule has 0 spiro atoms. The van der Waals surface area contributed by atoms with Gasteiger partial charge in [-0.2, -0.15) is 0 Å². The predicted molar refractivity (Wildman–Crippen MR) is 118 cm³/mol. The van der Waals surface area contributed by atoms with Gasteiger partial charge in [0.1, 0.15) is 0 Å². The van der Waals surface area contributed by atoms with E-state index < -0.39 is 0 Å². The first-order chi connectivity index (χ1) is 14.6. The molecule has 1 aromatic heterocycles. The van der Waals surface area contributed by atoms with Crippen molar-refractivity contribution in [1.82, 2.24) is 25.4 Å². The van der Waals surface area contributed by atoms with E-state index in [2.05, 4.69) is 27.4 Å². The fourth-order valence-electron chi connectivity index (χ4n) is 3.61. The molecule has 2 N–H and O–H groups in total. The number of carbonyl (C=O) groups excluding carboxylic acids is 2. The van der Waals surface area contributed by atoms with Crippen LogP contribution in [0.25, 0.3) is 0 Å². The first-order valence-electron chi connectivity index (χ1n) is 10.4. The molecule has 160 valence electrons. The Kier molecular flexibility index (Phi) is 8.07. The summed E-state index contributed by atoms with van der Waals surface area (Å²) in [5, 5.41) is 15.2. The molecule has 0 radical (unpaired) electrons. The number of allylic oxidation sites excluding steroid dienone is 1. The summed E-state index contributed by atoms with van der Waals surface area (Å²) >= 11 is 1.35. The zero-order chi connectivity index (χ0) is 21.3. The van der Waals surface area contributed by atoms with E-state index in [9.17, 15) is 9.59 Å². The monoisotopic (exact) mass is 427 g/mol. The smallest absolute Gasteiger partial charge is 0.251 e. The second-order valence-corrected chi connectivity index (χ2v) is 8.43. The topological polar surface area (TPSA) is 88.9 Å². The molecule has 3 rings (SSSR count). The Balaban J connectivity index is 1.61. The number of amides is 2. The van der Waals surface area contributed by atoms with Gasteiger partial charge in [0, 0.05) is 18.2 Å². The highest BCUT2D eigenvalue weighted by molar-refractivity contribution is 7.99. The van der Waals surface area contributed by atoms with Gasteiger partial charge in [0.25, 0.3) is 5.91 Å². The average molecular weight is 428 g/mol. The molecule has 1 saturated carbocycles. The summed E-state index contributed by atoms with van der Waals surface area (Å²) in [5.41, 5.74) is 0.591. The minimum absolute atomic E-state index is 0.0204. The van der Waals surface area contributed by atoms with Gasteiger partial charge >= 0.3 is 0 Å². The van der Waals surface area contributed by atoms with Crippen LogP contribution >= 0.6 is 11.8 Å². The molecule has 0 saturated heterocycles. The molecule has 8 heteroatoms. The summed E-state index contributed by atoms with van der Waals surface area (Å²) in [7, 11) is 0. The van der Waals surface area contributed by atoms with Crippen LogP contribution in [-0.2, 0) is 11.3 Å². The molecule has 2 amide bonds.